The Labute approximate surface area is 216 Å². The van der Waals surface area contributed by atoms with Crippen LogP contribution in [0.25, 0.3) is 0 Å². The Morgan fingerprint density at radius 3 is 1.68 bits per heavy atom. The summed E-state index contributed by atoms with van der Waals surface area (Å²) in [5, 5.41) is 0. The molecule has 4 aromatic rings. The quantitative estimate of drug-likeness (QED) is 0.201. The van der Waals surface area contributed by atoms with E-state index in [9.17, 15) is 13.6 Å². The lowest BCUT2D eigenvalue weighted by Crippen LogP contribution is -2.40. The molecule has 4 nitrogen and oxygen atoms in total. The smallest absolute Gasteiger partial charge is 0.338 e. The molecule has 0 saturated heterocycles. The highest BCUT2D eigenvalue weighted by Crippen LogP contribution is 2.22. The number of carbonyl (C=O) groups excluding carboxylic acids is 1. The molecule has 0 heterocycles. The highest BCUT2D eigenvalue weighted by atomic mass is 19.3. The van der Waals surface area contributed by atoms with Gasteiger partial charge in [-0.2, -0.15) is 0 Å². The van der Waals surface area contributed by atoms with Crippen molar-refractivity contribution in [2.75, 3.05) is 13.2 Å². The normalized spacial score (nSPS) is 11.3. The third-order valence-electron chi connectivity index (χ3n) is 5.71. The molecule has 0 radical (unpaired) electrons. The molecule has 0 spiro atoms. The number of halogens is 2. The fraction of sp³-hybridized carbons (Fsp3) is 0.194. The molecular formula is C31H29F2NO3. The van der Waals surface area contributed by atoms with E-state index in [0.29, 0.717) is 18.7 Å². The SMILES string of the molecule is O=C(OCc1ccccc1)c1ccc(OCC(F)(F)CN(Cc2ccccc2)Cc2ccccc2)cc1. The minimum Gasteiger partial charge on any atom is -0.487 e. The second-order valence-corrected chi connectivity index (χ2v) is 8.85. The molecule has 6 heteroatoms. The van der Waals surface area contributed by atoms with E-state index in [4.69, 9.17) is 9.47 Å². The zero-order valence-electron chi connectivity index (χ0n) is 20.4. The first-order chi connectivity index (χ1) is 18.0. The predicted molar refractivity (Wildman–Crippen MR) is 139 cm³/mol. The topological polar surface area (TPSA) is 38.8 Å². The number of nitrogens with zero attached hydrogens (tertiary/aromatic N) is 1. The van der Waals surface area contributed by atoms with E-state index in [-0.39, 0.29) is 12.4 Å². The van der Waals surface area contributed by atoms with Gasteiger partial charge in [0.1, 0.15) is 12.4 Å². The van der Waals surface area contributed by atoms with E-state index >= 15 is 0 Å². The summed E-state index contributed by atoms with van der Waals surface area (Å²) < 4.78 is 40.7. The van der Waals surface area contributed by atoms with E-state index in [1.54, 1.807) is 4.90 Å². The molecule has 0 bridgehead atoms. The molecule has 0 amide bonds. The van der Waals surface area contributed by atoms with Crippen LogP contribution in [0.1, 0.15) is 27.0 Å². The Balaban J connectivity index is 1.32. The Hall–Kier alpha value is -4.03. The van der Waals surface area contributed by atoms with Gasteiger partial charge >= 0.3 is 5.97 Å². The Kier molecular flexibility index (Phi) is 9.00. The summed E-state index contributed by atoms with van der Waals surface area (Å²) in [5.74, 6) is -3.31. The van der Waals surface area contributed by atoms with Gasteiger partial charge in [0.25, 0.3) is 5.92 Å². The molecule has 0 atom stereocenters. The molecule has 4 aromatic carbocycles. The summed E-state index contributed by atoms with van der Waals surface area (Å²) in [5.41, 5.74) is 3.13. The maximum Gasteiger partial charge on any atom is 0.338 e. The van der Waals surface area contributed by atoms with E-state index in [2.05, 4.69) is 0 Å². The molecule has 0 aliphatic heterocycles. The molecule has 37 heavy (non-hydrogen) atoms. The number of ether oxygens (including phenoxy) is 2. The number of esters is 1. The first kappa shape index (κ1) is 26.0. The summed E-state index contributed by atoms with van der Waals surface area (Å²) in [6.07, 6.45) is 0. The van der Waals surface area contributed by atoms with Crippen LogP contribution >= 0.6 is 0 Å². The van der Waals surface area contributed by atoms with E-state index in [1.807, 2.05) is 91.0 Å². The summed E-state index contributed by atoms with van der Waals surface area (Å²) in [4.78, 5) is 14.0. The minimum absolute atomic E-state index is 0.159. The van der Waals surface area contributed by atoms with Crippen LogP contribution in [0.5, 0.6) is 5.75 Å². The molecule has 0 N–H and O–H groups in total. The first-order valence-corrected chi connectivity index (χ1v) is 12.1. The number of benzene rings is 4. The molecule has 0 aliphatic carbocycles. The van der Waals surface area contributed by atoms with Crippen LogP contribution in [0.15, 0.2) is 115 Å². The third kappa shape index (κ3) is 8.54. The molecule has 0 unspecified atom stereocenters. The van der Waals surface area contributed by atoms with Gasteiger partial charge < -0.3 is 9.47 Å². The zero-order valence-corrected chi connectivity index (χ0v) is 20.4. The Bertz CT molecular complexity index is 1190. The van der Waals surface area contributed by atoms with Gasteiger partial charge in [-0.25, -0.2) is 13.6 Å². The van der Waals surface area contributed by atoms with Crippen molar-refractivity contribution in [3.63, 3.8) is 0 Å². The molecule has 4 rings (SSSR count). The van der Waals surface area contributed by atoms with Gasteiger partial charge in [0, 0.05) is 13.1 Å². The largest absolute Gasteiger partial charge is 0.487 e. The highest BCUT2D eigenvalue weighted by molar-refractivity contribution is 5.89. The number of hydrogen-bond donors (Lipinski definition) is 0. The average molecular weight is 502 g/mol. The van der Waals surface area contributed by atoms with Crippen LogP contribution in [-0.4, -0.2) is 29.9 Å². The lowest BCUT2D eigenvalue weighted by molar-refractivity contribution is -0.0685. The van der Waals surface area contributed by atoms with Crippen molar-refractivity contribution in [2.24, 2.45) is 0 Å². The summed E-state index contributed by atoms with van der Waals surface area (Å²) in [6, 6.07) is 34.5. The standard InChI is InChI=1S/C31H29F2NO3/c32-31(33,23-34(20-25-10-4-1-5-11-25)21-26-12-6-2-7-13-26)24-37-29-18-16-28(17-19-29)30(35)36-22-27-14-8-3-9-15-27/h1-19H,20-24H2. The van der Waals surface area contributed by atoms with Crippen molar-refractivity contribution in [2.45, 2.75) is 25.6 Å². The van der Waals surface area contributed by atoms with Crippen LogP contribution in [0, 0.1) is 0 Å². The molecule has 190 valence electrons. The maximum atomic E-state index is 15.0. The maximum absolute atomic E-state index is 15.0. The van der Waals surface area contributed by atoms with Crippen molar-refractivity contribution < 1.29 is 23.0 Å². The van der Waals surface area contributed by atoms with Crippen molar-refractivity contribution >= 4 is 5.97 Å². The van der Waals surface area contributed by atoms with E-state index in [1.165, 1.54) is 24.3 Å². The van der Waals surface area contributed by atoms with Gasteiger partial charge in [0.05, 0.1) is 12.1 Å². The van der Waals surface area contributed by atoms with E-state index in [0.717, 1.165) is 16.7 Å². The molecule has 0 aromatic heterocycles. The Morgan fingerprint density at radius 1 is 0.676 bits per heavy atom. The van der Waals surface area contributed by atoms with Gasteiger partial charge in [-0.1, -0.05) is 91.0 Å². The van der Waals surface area contributed by atoms with Crippen LogP contribution < -0.4 is 4.74 Å². The molecule has 0 fully saturated rings. The van der Waals surface area contributed by atoms with Crippen molar-refractivity contribution in [3.8, 4) is 5.75 Å². The summed E-state index contributed by atoms with van der Waals surface area (Å²) >= 11 is 0. The van der Waals surface area contributed by atoms with Gasteiger partial charge in [-0.05, 0) is 41.0 Å². The fourth-order valence-electron chi connectivity index (χ4n) is 3.91. The van der Waals surface area contributed by atoms with Crippen LogP contribution in [-0.2, 0) is 24.4 Å². The van der Waals surface area contributed by atoms with Gasteiger partial charge in [-0.3, -0.25) is 4.90 Å². The van der Waals surface area contributed by atoms with Crippen LogP contribution in [0.4, 0.5) is 8.78 Å². The van der Waals surface area contributed by atoms with Gasteiger partial charge in [-0.15, -0.1) is 0 Å². The van der Waals surface area contributed by atoms with E-state index < -0.39 is 25.0 Å². The van der Waals surface area contributed by atoms with Crippen LogP contribution in [0.3, 0.4) is 0 Å². The lowest BCUT2D eigenvalue weighted by Gasteiger charge is -2.27. The number of carbonyl (C=O) groups is 1. The van der Waals surface area contributed by atoms with Crippen molar-refractivity contribution in [1.29, 1.82) is 0 Å². The lowest BCUT2D eigenvalue weighted by atomic mass is 10.1. The van der Waals surface area contributed by atoms with Gasteiger partial charge in [0.2, 0.25) is 0 Å². The Morgan fingerprint density at radius 2 is 1.16 bits per heavy atom. The fourth-order valence-corrected chi connectivity index (χ4v) is 3.91. The second kappa shape index (κ2) is 12.8. The average Bonchev–Trinajstić information content (AvgIpc) is 2.92. The molecular weight excluding hydrogens is 472 g/mol. The first-order valence-electron chi connectivity index (χ1n) is 12.1. The van der Waals surface area contributed by atoms with Crippen LogP contribution in [0.2, 0.25) is 0 Å². The highest BCUT2D eigenvalue weighted by Gasteiger charge is 2.33. The number of rotatable bonds is 12. The van der Waals surface area contributed by atoms with Crippen molar-refractivity contribution in [1.82, 2.24) is 4.90 Å². The van der Waals surface area contributed by atoms with Gasteiger partial charge in [0.15, 0.2) is 6.61 Å². The summed E-state index contributed by atoms with van der Waals surface area (Å²) in [7, 11) is 0. The summed E-state index contributed by atoms with van der Waals surface area (Å²) in [6.45, 7) is -0.283. The van der Waals surface area contributed by atoms with Crippen molar-refractivity contribution in [3.05, 3.63) is 138 Å². The minimum atomic E-state index is -3.09. The number of hydrogen-bond acceptors (Lipinski definition) is 4. The predicted octanol–water partition coefficient (Wildman–Crippen LogP) is 6.76. The second-order valence-electron chi connectivity index (χ2n) is 8.85. The molecule has 0 saturated carbocycles. The number of alkyl halides is 2. The third-order valence-corrected chi connectivity index (χ3v) is 5.71. The monoisotopic (exact) mass is 501 g/mol. The molecule has 0 aliphatic rings. The zero-order chi connectivity index (χ0) is 25.9.